The fourth-order valence-electron chi connectivity index (χ4n) is 4.60. The molecule has 2 saturated heterocycles. The first-order chi connectivity index (χ1) is 11.5. The van der Waals surface area contributed by atoms with Crippen LogP contribution in [0.25, 0.3) is 0 Å². The summed E-state index contributed by atoms with van der Waals surface area (Å²) in [6, 6.07) is 11.5. The van der Waals surface area contributed by atoms with Gasteiger partial charge in [0.25, 0.3) is 0 Å². The van der Waals surface area contributed by atoms with Crippen LogP contribution in [0.2, 0.25) is 0 Å². The lowest BCUT2D eigenvalue weighted by molar-refractivity contribution is -0.0855. The summed E-state index contributed by atoms with van der Waals surface area (Å²) in [6.07, 6.45) is 6.15. The highest BCUT2D eigenvalue weighted by Gasteiger charge is 2.42. The average molecular weight is 332 g/mol. The summed E-state index contributed by atoms with van der Waals surface area (Å²) in [5.41, 5.74) is 1.61. The van der Waals surface area contributed by atoms with Crippen molar-refractivity contribution in [2.45, 2.75) is 76.0 Å². The minimum Gasteiger partial charge on any atom is -0.377 e. The molecule has 2 aliphatic heterocycles. The van der Waals surface area contributed by atoms with Crippen LogP contribution in [-0.4, -0.2) is 37.5 Å². The van der Waals surface area contributed by atoms with Crippen LogP contribution in [-0.2, 0) is 14.9 Å². The number of nitrogens with one attached hydrogen (secondary N) is 1. The number of hydrogen-bond acceptors (Lipinski definition) is 3. The van der Waals surface area contributed by atoms with Gasteiger partial charge < -0.3 is 14.8 Å². The van der Waals surface area contributed by atoms with Crippen LogP contribution in [0.5, 0.6) is 0 Å². The molecule has 1 aromatic rings. The highest BCUT2D eigenvalue weighted by molar-refractivity contribution is 5.27. The van der Waals surface area contributed by atoms with Gasteiger partial charge >= 0.3 is 0 Å². The topological polar surface area (TPSA) is 30.5 Å². The van der Waals surface area contributed by atoms with E-state index in [1.807, 2.05) is 0 Å². The Morgan fingerprint density at radius 3 is 2.67 bits per heavy atom. The van der Waals surface area contributed by atoms with E-state index in [9.17, 15) is 0 Å². The second-order valence-electron chi connectivity index (χ2n) is 8.33. The fourth-order valence-corrected chi connectivity index (χ4v) is 4.60. The first-order valence-electron chi connectivity index (χ1n) is 9.54. The van der Waals surface area contributed by atoms with E-state index < -0.39 is 0 Å². The molecule has 24 heavy (non-hydrogen) atoms. The van der Waals surface area contributed by atoms with Crippen molar-refractivity contribution in [1.29, 1.82) is 0 Å². The maximum Gasteiger partial charge on any atom is 0.0700 e. The normalized spacial score (nSPS) is 31.0. The van der Waals surface area contributed by atoms with Gasteiger partial charge in [-0.15, -0.1) is 0 Å². The van der Waals surface area contributed by atoms with Crippen molar-refractivity contribution in [3.8, 4) is 0 Å². The first-order valence-corrected chi connectivity index (χ1v) is 9.54. The van der Waals surface area contributed by atoms with E-state index in [0.717, 1.165) is 39.0 Å². The molecule has 0 amide bonds. The molecule has 1 aromatic carbocycles. The lowest BCUT2D eigenvalue weighted by atomic mass is 9.66. The molecule has 134 valence electrons. The Labute approximate surface area is 147 Å². The van der Waals surface area contributed by atoms with E-state index in [-0.39, 0.29) is 11.0 Å². The molecule has 2 heterocycles. The second-order valence-corrected chi connectivity index (χ2v) is 8.33. The van der Waals surface area contributed by atoms with Gasteiger partial charge in [0.15, 0.2) is 0 Å². The smallest absolute Gasteiger partial charge is 0.0700 e. The highest BCUT2D eigenvalue weighted by atomic mass is 16.5. The monoisotopic (exact) mass is 331 g/mol. The zero-order valence-electron chi connectivity index (χ0n) is 15.5. The Kier molecular flexibility index (Phi) is 5.63. The van der Waals surface area contributed by atoms with Gasteiger partial charge in [0.1, 0.15) is 0 Å². The van der Waals surface area contributed by atoms with Gasteiger partial charge in [-0.1, -0.05) is 30.3 Å². The third-order valence-electron chi connectivity index (χ3n) is 5.64. The zero-order valence-corrected chi connectivity index (χ0v) is 15.5. The summed E-state index contributed by atoms with van der Waals surface area (Å²) in [6.45, 7) is 9.54. The van der Waals surface area contributed by atoms with Crippen LogP contribution in [0, 0.1) is 0 Å². The first kappa shape index (κ1) is 17.9. The molecule has 2 aliphatic rings. The van der Waals surface area contributed by atoms with E-state index in [1.54, 1.807) is 0 Å². The second kappa shape index (κ2) is 7.55. The number of ether oxygens (including phenoxy) is 2. The Morgan fingerprint density at radius 1 is 1.21 bits per heavy atom. The number of rotatable bonds is 6. The highest BCUT2D eigenvalue weighted by Crippen LogP contribution is 2.44. The van der Waals surface area contributed by atoms with E-state index >= 15 is 0 Å². The van der Waals surface area contributed by atoms with Gasteiger partial charge in [0, 0.05) is 31.2 Å². The summed E-state index contributed by atoms with van der Waals surface area (Å²) in [7, 11) is 0. The van der Waals surface area contributed by atoms with Gasteiger partial charge in [-0.3, -0.25) is 0 Å². The lowest BCUT2D eigenvalue weighted by Crippen LogP contribution is -2.47. The fraction of sp³-hybridized carbons (Fsp3) is 0.714. The maximum atomic E-state index is 6.02. The van der Waals surface area contributed by atoms with E-state index in [1.165, 1.54) is 18.4 Å². The standard InChI is InChI=1S/C21H33NO2/c1-17(22-15-19-10-7-12-23-19)14-21(18-8-5-4-6-9-18)11-13-24-20(2,3)16-21/h4-6,8-9,17,19,22H,7,10-16H2,1-3H3/t17-,19-,21+/m0/s1. The van der Waals surface area contributed by atoms with Gasteiger partial charge in [-0.2, -0.15) is 0 Å². The van der Waals surface area contributed by atoms with Crippen molar-refractivity contribution in [2.24, 2.45) is 0 Å². The van der Waals surface area contributed by atoms with Crippen molar-refractivity contribution in [2.75, 3.05) is 19.8 Å². The van der Waals surface area contributed by atoms with E-state index in [0.29, 0.717) is 12.1 Å². The summed E-state index contributed by atoms with van der Waals surface area (Å²) in [5, 5.41) is 3.73. The molecule has 0 aromatic heterocycles. The quantitative estimate of drug-likeness (QED) is 0.853. The van der Waals surface area contributed by atoms with Gasteiger partial charge in [-0.05, 0) is 58.4 Å². The molecule has 1 N–H and O–H groups in total. The molecule has 0 bridgehead atoms. The number of benzene rings is 1. The maximum absolute atomic E-state index is 6.02. The zero-order chi connectivity index (χ0) is 17.0. The third-order valence-corrected chi connectivity index (χ3v) is 5.64. The molecule has 3 heteroatoms. The molecule has 0 spiro atoms. The van der Waals surface area contributed by atoms with Crippen LogP contribution in [0.4, 0.5) is 0 Å². The summed E-state index contributed by atoms with van der Waals surface area (Å²) >= 11 is 0. The van der Waals surface area contributed by atoms with Crippen LogP contribution in [0.1, 0.15) is 58.4 Å². The van der Waals surface area contributed by atoms with Crippen molar-refractivity contribution in [1.82, 2.24) is 5.32 Å². The van der Waals surface area contributed by atoms with Crippen LogP contribution >= 0.6 is 0 Å². The van der Waals surface area contributed by atoms with Crippen LogP contribution in [0.3, 0.4) is 0 Å². The molecule has 3 atom stereocenters. The molecule has 0 unspecified atom stereocenters. The van der Waals surface area contributed by atoms with E-state index in [4.69, 9.17) is 9.47 Å². The van der Waals surface area contributed by atoms with Crippen molar-refractivity contribution < 1.29 is 9.47 Å². The minimum absolute atomic E-state index is 0.0532. The van der Waals surface area contributed by atoms with Gasteiger partial charge in [-0.25, -0.2) is 0 Å². The third kappa shape index (κ3) is 4.38. The van der Waals surface area contributed by atoms with Crippen LogP contribution in [0.15, 0.2) is 30.3 Å². The molecule has 2 fully saturated rings. The number of hydrogen-bond donors (Lipinski definition) is 1. The van der Waals surface area contributed by atoms with Crippen molar-refractivity contribution >= 4 is 0 Å². The molecule has 0 saturated carbocycles. The SMILES string of the molecule is C[C@@H](C[C@]1(c2ccccc2)CCOC(C)(C)C1)NC[C@@H]1CCCO1. The molecular formula is C21H33NO2. The van der Waals surface area contributed by atoms with Gasteiger partial charge in [0.2, 0.25) is 0 Å². The summed E-state index contributed by atoms with van der Waals surface area (Å²) in [4.78, 5) is 0. The molecule has 3 nitrogen and oxygen atoms in total. The minimum atomic E-state index is -0.0532. The van der Waals surface area contributed by atoms with Crippen molar-refractivity contribution in [3.05, 3.63) is 35.9 Å². The lowest BCUT2D eigenvalue weighted by Gasteiger charge is -2.46. The predicted octanol–water partition coefficient (Wildman–Crippen LogP) is 4.06. The largest absolute Gasteiger partial charge is 0.377 e. The average Bonchev–Trinajstić information content (AvgIpc) is 3.06. The predicted molar refractivity (Wildman–Crippen MR) is 98.4 cm³/mol. The van der Waals surface area contributed by atoms with Gasteiger partial charge in [0.05, 0.1) is 11.7 Å². The molecule has 0 aliphatic carbocycles. The van der Waals surface area contributed by atoms with E-state index in [2.05, 4.69) is 56.4 Å². The van der Waals surface area contributed by atoms with Crippen molar-refractivity contribution in [3.63, 3.8) is 0 Å². The molecule has 3 rings (SSSR count). The van der Waals surface area contributed by atoms with Crippen LogP contribution < -0.4 is 5.32 Å². The molecule has 0 radical (unpaired) electrons. The Hall–Kier alpha value is -0.900. The molecular weight excluding hydrogens is 298 g/mol. The Balaban J connectivity index is 1.70. The Morgan fingerprint density at radius 2 is 2.00 bits per heavy atom. The summed E-state index contributed by atoms with van der Waals surface area (Å²) < 4.78 is 11.8. The Bertz CT molecular complexity index is 510. The summed E-state index contributed by atoms with van der Waals surface area (Å²) in [5.74, 6) is 0.